The molecule has 0 aliphatic heterocycles. The van der Waals surface area contributed by atoms with Gasteiger partial charge in [0.25, 0.3) is 0 Å². The standard InChI is InChI=1S/C12H10BrF3N2O3/c1-2-11-17-10(18-21-11)6-19-7-3-4-9(8(13)5-7)20-12(14,15)16/h3-5H,2,6H2,1H3. The molecule has 114 valence electrons. The van der Waals surface area contributed by atoms with Crippen LogP contribution in [-0.4, -0.2) is 16.5 Å². The Hall–Kier alpha value is -1.77. The average molecular weight is 367 g/mol. The van der Waals surface area contributed by atoms with Crippen molar-refractivity contribution in [1.82, 2.24) is 10.1 Å². The molecule has 0 radical (unpaired) electrons. The second kappa shape index (κ2) is 6.33. The fourth-order valence-electron chi connectivity index (χ4n) is 1.42. The number of alkyl halides is 3. The molecule has 1 aromatic carbocycles. The van der Waals surface area contributed by atoms with E-state index in [1.165, 1.54) is 12.1 Å². The lowest BCUT2D eigenvalue weighted by Crippen LogP contribution is -2.17. The van der Waals surface area contributed by atoms with Crippen LogP contribution in [0, 0.1) is 0 Å². The molecule has 0 amide bonds. The van der Waals surface area contributed by atoms with E-state index in [4.69, 9.17) is 9.26 Å². The van der Waals surface area contributed by atoms with Gasteiger partial charge in [-0.1, -0.05) is 12.1 Å². The van der Waals surface area contributed by atoms with E-state index in [-0.39, 0.29) is 16.8 Å². The number of halogens is 4. The van der Waals surface area contributed by atoms with Crippen LogP contribution in [0.1, 0.15) is 18.6 Å². The third kappa shape index (κ3) is 4.62. The second-order valence-corrected chi connectivity index (χ2v) is 4.74. The van der Waals surface area contributed by atoms with Gasteiger partial charge in [-0.05, 0) is 34.1 Å². The summed E-state index contributed by atoms with van der Waals surface area (Å²) in [6.07, 6.45) is -4.13. The summed E-state index contributed by atoms with van der Waals surface area (Å²) in [5.74, 6) is 0.851. The van der Waals surface area contributed by atoms with Crippen LogP contribution in [0.5, 0.6) is 11.5 Å². The minimum absolute atomic E-state index is 0.0510. The maximum Gasteiger partial charge on any atom is 0.573 e. The molecule has 0 saturated heterocycles. The van der Waals surface area contributed by atoms with Gasteiger partial charge in [0.2, 0.25) is 11.7 Å². The summed E-state index contributed by atoms with van der Waals surface area (Å²) >= 11 is 2.99. The SMILES string of the molecule is CCc1nc(COc2ccc(OC(F)(F)F)c(Br)c2)no1. The molecule has 5 nitrogen and oxygen atoms in total. The highest BCUT2D eigenvalue weighted by atomic mass is 79.9. The minimum Gasteiger partial charge on any atom is -0.485 e. The average Bonchev–Trinajstić information content (AvgIpc) is 2.86. The molecule has 9 heteroatoms. The lowest BCUT2D eigenvalue weighted by atomic mass is 10.3. The molecular formula is C12H10BrF3N2O3. The van der Waals surface area contributed by atoms with Crippen molar-refractivity contribution < 1.29 is 27.2 Å². The molecule has 1 aromatic heterocycles. The lowest BCUT2D eigenvalue weighted by Gasteiger charge is -2.11. The molecule has 1 heterocycles. The molecule has 0 aliphatic carbocycles. The van der Waals surface area contributed by atoms with Gasteiger partial charge in [-0.15, -0.1) is 13.2 Å². The highest BCUT2D eigenvalue weighted by Gasteiger charge is 2.32. The van der Waals surface area contributed by atoms with Crippen LogP contribution >= 0.6 is 15.9 Å². The summed E-state index contributed by atoms with van der Waals surface area (Å²) in [5.41, 5.74) is 0. The Morgan fingerprint density at radius 3 is 2.67 bits per heavy atom. The van der Waals surface area contributed by atoms with Gasteiger partial charge >= 0.3 is 6.36 Å². The van der Waals surface area contributed by atoms with Crippen molar-refractivity contribution in [3.8, 4) is 11.5 Å². The fraction of sp³-hybridized carbons (Fsp3) is 0.333. The Kier molecular flexibility index (Phi) is 4.71. The van der Waals surface area contributed by atoms with Gasteiger partial charge in [0.15, 0.2) is 6.61 Å². The molecule has 0 unspecified atom stereocenters. The summed E-state index contributed by atoms with van der Waals surface area (Å²) in [7, 11) is 0. The Balaban J connectivity index is 1.99. The Labute approximate surface area is 126 Å². The molecular weight excluding hydrogens is 357 g/mol. The van der Waals surface area contributed by atoms with Crippen molar-refractivity contribution in [2.24, 2.45) is 0 Å². The number of ether oxygens (including phenoxy) is 2. The van der Waals surface area contributed by atoms with Crippen molar-refractivity contribution in [2.75, 3.05) is 0 Å². The van der Waals surface area contributed by atoms with Gasteiger partial charge in [0, 0.05) is 6.42 Å². The summed E-state index contributed by atoms with van der Waals surface area (Å²) in [6, 6.07) is 3.87. The highest BCUT2D eigenvalue weighted by molar-refractivity contribution is 9.10. The van der Waals surface area contributed by atoms with E-state index in [0.29, 0.717) is 23.9 Å². The van der Waals surface area contributed by atoms with Crippen LogP contribution < -0.4 is 9.47 Å². The zero-order valence-electron chi connectivity index (χ0n) is 10.8. The molecule has 0 saturated carbocycles. The van der Waals surface area contributed by atoms with Gasteiger partial charge < -0.3 is 14.0 Å². The predicted molar refractivity (Wildman–Crippen MR) is 68.8 cm³/mol. The zero-order valence-corrected chi connectivity index (χ0v) is 12.4. The molecule has 2 rings (SSSR count). The number of nitrogens with zero attached hydrogens (tertiary/aromatic N) is 2. The van der Waals surface area contributed by atoms with Crippen LogP contribution in [0.15, 0.2) is 27.2 Å². The first kappa shape index (κ1) is 15.6. The molecule has 0 aliphatic rings. The van der Waals surface area contributed by atoms with Crippen molar-refractivity contribution in [1.29, 1.82) is 0 Å². The van der Waals surface area contributed by atoms with E-state index in [0.717, 1.165) is 6.07 Å². The molecule has 0 spiro atoms. The summed E-state index contributed by atoms with van der Waals surface area (Å²) in [4.78, 5) is 4.04. The van der Waals surface area contributed by atoms with Crippen LogP contribution in [0.3, 0.4) is 0 Å². The van der Waals surface area contributed by atoms with E-state index < -0.39 is 6.36 Å². The highest BCUT2D eigenvalue weighted by Crippen LogP contribution is 2.33. The van der Waals surface area contributed by atoms with E-state index in [9.17, 15) is 13.2 Å². The first-order valence-electron chi connectivity index (χ1n) is 5.87. The van der Waals surface area contributed by atoms with Crippen molar-refractivity contribution in [3.05, 3.63) is 34.4 Å². The van der Waals surface area contributed by atoms with Crippen LogP contribution in [-0.2, 0) is 13.0 Å². The summed E-state index contributed by atoms with van der Waals surface area (Å²) in [6.45, 7) is 1.92. The van der Waals surface area contributed by atoms with Gasteiger partial charge in [-0.2, -0.15) is 4.98 Å². The predicted octanol–water partition coefficient (Wildman–Crippen LogP) is 3.87. The number of aromatic nitrogens is 2. The molecule has 0 fully saturated rings. The minimum atomic E-state index is -4.74. The third-order valence-electron chi connectivity index (χ3n) is 2.31. The molecule has 0 bridgehead atoms. The van der Waals surface area contributed by atoms with Crippen molar-refractivity contribution >= 4 is 15.9 Å². The normalized spacial score (nSPS) is 11.5. The van der Waals surface area contributed by atoms with Crippen molar-refractivity contribution in [3.63, 3.8) is 0 Å². The van der Waals surface area contributed by atoms with Gasteiger partial charge in [0.1, 0.15) is 11.5 Å². The van der Waals surface area contributed by atoms with Gasteiger partial charge in [-0.3, -0.25) is 0 Å². The molecule has 21 heavy (non-hydrogen) atoms. The Morgan fingerprint density at radius 2 is 2.10 bits per heavy atom. The largest absolute Gasteiger partial charge is 0.573 e. The number of benzene rings is 1. The number of rotatable bonds is 5. The first-order valence-corrected chi connectivity index (χ1v) is 6.66. The quantitative estimate of drug-likeness (QED) is 0.803. The van der Waals surface area contributed by atoms with Gasteiger partial charge in [-0.25, -0.2) is 0 Å². The van der Waals surface area contributed by atoms with Crippen LogP contribution in [0.4, 0.5) is 13.2 Å². The lowest BCUT2D eigenvalue weighted by molar-refractivity contribution is -0.274. The maximum absolute atomic E-state index is 12.1. The maximum atomic E-state index is 12.1. The Morgan fingerprint density at radius 1 is 1.33 bits per heavy atom. The van der Waals surface area contributed by atoms with E-state index in [1.807, 2.05) is 6.92 Å². The van der Waals surface area contributed by atoms with Crippen molar-refractivity contribution in [2.45, 2.75) is 26.3 Å². The smallest absolute Gasteiger partial charge is 0.485 e. The Bertz CT molecular complexity index is 616. The second-order valence-electron chi connectivity index (χ2n) is 3.89. The molecule has 2 aromatic rings. The fourth-order valence-corrected chi connectivity index (χ4v) is 1.86. The van der Waals surface area contributed by atoms with Gasteiger partial charge in [0.05, 0.1) is 4.47 Å². The van der Waals surface area contributed by atoms with Crippen LogP contribution in [0.2, 0.25) is 0 Å². The summed E-state index contributed by atoms with van der Waals surface area (Å²) in [5, 5.41) is 3.69. The van der Waals surface area contributed by atoms with Crippen LogP contribution in [0.25, 0.3) is 0 Å². The molecule has 0 atom stereocenters. The van der Waals surface area contributed by atoms with E-state index in [2.05, 4.69) is 30.8 Å². The number of hydrogen-bond donors (Lipinski definition) is 0. The summed E-state index contributed by atoms with van der Waals surface area (Å²) < 4.78 is 50.6. The van der Waals surface area contributed by atoms with E-state index >= 15 is 0 Å². The molecule has 0 N–H and O–H groups in total. The topological polar surface area (TPSA) is 57.4 Å². The zero-order chi connectivity index (χ0) is 15.5. The number of aryl methyl sites for hydroxylation is 1. The third-order valence-corrected chi connectivity index (χ3v) is 2.93. The monoisotopic (exact) mass is 366 g/mol. The number of hydrogen-bond acceptors (Lipinski definition) is 5. The van der Waals surface area contributed by atoms with E-state index in [1.54, 1.807) is 0 Å². The first-order chi connectivity index (χ1) is 9.87.